The van der Waals surface area contributed by atoms with E-state index in [9.17, 15) is 9.59 Å². The van der Waals surface area contributed by atoms with Crippen LogP contribution >= 0.6 is 0 Å². The molecule has 28 heavy (non-hydrogen) atoms. The molecule has 0 fully saturated rings. The van der Waals surface area contributed by atoms with Crippen LogP contribution < -0.4 is 9.80 Å². The van der Waals surface area contributed by atoms with Crippen molar-refractivity contribution < 1.29 is 9.59 Å². The summed E-state index contributed by atoms with van der Waals surface area (Å²) in [6.45, 7) is 5.23. The lowest BCUT2D eigenvalue weighted by molar-refractivity contribution is -0.121. The molecule has 3 rings (SSSR count). The van der Waals surface area contributed by atoms with Gasteiger partial charge in [-0.1, -0.05) is 69.9 Å². The zero-order valence-electron chi connectivity index (χ0n) is 16.9. The molecule has 1 unspecified atom stereocenters. The van der Waals surface area contributed by atoms with E-state index in [1.165, 1.54) is 19.3 Å². The largest absolute Gasteiger partial charge is 0.310 e. The lowest BCUT2D eigenvalue weighted by Crippen LogP contribution is -2.38. The third-order valence-corrected chi connectivity index (χ3v) is 5.36. The first kappa shape index (κ1) is 20.1. The Morgan fingerprint density at radius 2 is 1.57 bits per heavy atom. The van der Waals surface area contributed by atoms with Crippen molar-refractivity contribution in [2.45, 2.75) is 46.0 Å². The molecule has 0 spiro atoms. The molecule has 0 saturated carbocycles. The predicted octanol–water partition coefficient (Wildman–Crippen LogP) is 5.29. The third kappa shape index (κ3) is 4.44. The number of hydrogen-bond acceptors (Lipinski definition) is 2. The molecule has 0 aliphatic carbocycles. The monoisotopic (exact) mass is 378 g/mol. The predicted molar refractivity (Wildman–Crippen MR) is 115 cm³/mol. The molecular formula is C24H30N2O2. The fraction of sp³-hybridized carbons (Fsp3) is 0.417. The van der Waals surface area contributed by atoms with Gasteiger partial charge in [-0.15, -0.1) is 0 Å². The van der Waals surface area contributed by atoms with Gasteiger partial charge in [0.15, 0.2) is 0 Å². The molecule has 0 bridgehead atoms. The molecule has 2 amide bonds. The number of carbonyl (C=O) groups is 2. The van der Waals surface area contributed by atoms with Gasteiger partial charge in [-0.25, -0.2) is 0 Å². The first-order chi connectivity index (χ1) is 13.6. The van der Waals surface area contributed by atoms with Crippen LogP contribution in [0.3, 0.4) is 0 Å². The minimum absolute atomic E-state index is 0.0579. The average molecular weight is 379 g/mol. The van der Waals surface area contributed by atoms with E-state index in [4.69, 9.17) is 0 Å². The number of nitrogens with zero attached hydrogens (tertiary/aromatic N) is 2. The molecule has 0 N–H and O–H groups in total. The first-order valence-electron chi connectivity index (χ1n) is 10.4. The van der Waals surface area contributed by atoms with Crippen molar-refractivity contribution in [2.24, 2.45) is 5.92 Å². The number of fused-ring (bicyclic) bond motifs is 1. The number of unbranched alkanes of at least 4 members (excludes halogenated alkanes) is 4. The standard InChI is InChI=1S/C24H30N2O2/c1-3-4-5-6-12-17-25-21-15-10-11-16-22(21)26(18-19(2)23(25)27)24(28)20-13-8-7-9-14-20/h7-11,13-16,19H,3-6,12,17-18H2,1-2H3. The van der Waals surface area contributed by atoms with Gasteiger partial charge in [0.1, 0.15) is 0 Å². The van der Waals surface area contributed by atoms with Crippen LogP contribution in [0.2, 0.25) is 0 Å². The van der Waals surface area contributed by atoms with Crippen LogP contribution in [0.4, 0.5) is 11.4 Å². The van der Waals surface area contributed by atoms with E-state index in [0.29, 0.717) is 18.7 Å². The third-order valence-electron chi connectivity index (χ3n) is 5.36. The summed E-state index contributed by atoms with van der Waals surface area (Å²) in [5, 5.41) is 0. The zero-order valence-corrected chi connectivity index (χ0v) is 16.9. The van der Waals surface area contributed by atoms with E-state index in [1.807, 2.05) is 66.4 Å². The number of benzene rings is 2. The van der Waals surface area contributed by atoms with Crippen molar-refractivity contribution in [3.05, 3.63) is 60.2 Å². The number of hydrogen-bond donors (Lipinski definition) is 0. The summed E-state index contributed by atoms with van der Waals surface area (Å²) in [4.78, 5) is 30.0. The summed E-state index contributed by atoms with van der Waals surface area (Å²) < 4.78 is 0. The quantitative estimate of drug-likeness (QED) is 0.615. The molecule has 1 aliphatic rings. The first-order valence-corrected chi connectivity index (χ1v) is 10.4. The summed E-state index contributed by atoms with van der Waals surface area (Å²) >= 11 is 0. The Balaban J connectivity index is 1.88. The van der Waals surface area contributed by atoms with Crippen LogP contribution in [-0.4, -0.2) is 24.9 Å². The van der Waals surface area contributed by atoms with E-state index < -0.39 is 0 Å². The molecule has 0 radical (unpaired) electrons. The topological polar surface area (TPSA) is 40.6 Å². The van der Waals surface area contributed by atoms with Crippen molar-refractivity contribution in [1.82, 2.24) is 0 Å². The highest BCUT2D eigenvalue weighted by atomic mass is 16.2. The van der Waals surface area contributed by atoms with E-state index >= 15 is 0 Å². The number of para-hydroxylation sites is 2. The summed E-state index contributed by atoms with van der Waals surface area (Å²) in [5.41, 5.74) is 2.31. The molecule has 2 aromatic rings. The minimum atomic E-state index is -0.240. The van der Waals surface area contributed by atoms with E-state index in [0.717, 1.165) is 24.2 Å². The van der Waals surface area contributed by atoms with Gasteiger partial charge in [0.25, 0.3) is 5.91 Å². The van der Waals surface area contributed by atoms with Gasteiger partial charge in [-0.3, -0.25) is 9.59 Å². The van der Waals surface area contributed by atoms with Gasteiger partial charge in [-0.05, 0) is 30.7 Å². The highest BCUT2D eigenvalue weighted by molar-refractivity contribution is 6.11. The summed E-state index contributed by atoms with van der Waals surface area (Å²) in [6, 6.07) is 17.1. The zero-order chi connectivity index (χ0) is 19.9. The second-order valence-corrected chi connectivity index (χ2v) is 7.58. The van der Waals surface area contributed by atoms with Gasteiger partial charge in [0, 0.05) is 18.7 Å². The smallest absolute Gasteiger partial charge is 0.258 e. The lowest BCUT2D eigenvalue weighted by Gasteiger charge is -2.25. The van der Waals surface area contributed by atoms with Gasteiger partial charge >= 0.3 is 0 Å². The van der Waals surface area contributed by atoms with Crippen LogP contribution in [0.1, 0.15) is 56.3 Å². The maximum absolute atomic E-state index is 13.2. The van der Waals surface area contributed by atoms with Crippen LogP contribution in [0, 0.1) is 5.92 Å². The Labute approximate surface area is 168 Å². The number of anilines is 2. The summed E-state index contributed by atoms with van der Waals surface area (Å²) in [6.07, 6.45) is 5.76. The van der Waals surface area contributed by atoms with Gasteiger partial charge in [0.2, 0.25) is 5.91 Å². The van der Waals surface area contributed by atoms with Gasteiger partial charge in [-0.2, -0.15) is 0 Å². The molecular weight excluding hydrogens is 348 g/mol. The van der Waals surface area contributed by atoms with Crippen LogP contribution in [0.15, 0.2) is 54.6 Å². The molecule has 4 heteroatoms. The number of rotatable bonds is 7. The van der Waals surface area contributed by atoms with E-state index in [-0.39, 0.29) is 17.7 Å². The Morgan fingerprint density at radius 1 is 0.929 bits per heavy atom. The molecule has 0 aromatic heterocycles. The summed E-state index contributed by atoms with van der Waals surface area (Å²) in [7, 11) is 0. The fourth-order valence-corrected chi connectivity index (χ4v) is 3.79. The minimum Gasteiger partial charge on any atom is -0.310 e. The highest BCUT2D eigenvalue weighted by Gasteiger charge is 2.33. The van der Waals surface area contributed by atoms with Crippen LogP contribution in [-0.2, 0) is 4.79 Å². The molecule has 148 valence electrons. The number of carbonyl (C=O) groups excluding carboxylic acids is 2. The normalized spacial score (nSPS) is 16.6. The molecule has 0 saturated heterocycles. The highest BCUT2D eigenvalue weighted by Crippen LogP contribution is 2.35. The Kier molecular flexibility index (Phi) is 6.85. The van der Waals surface area contributed by atoms with Crippen molar-refractivity contribution >= 4 is 23.2 Å². The van der Waals surface area contributed by atoms with Crippen molar-refractivity contribution in [1.29, 1.82) is 0 Å². The molecule has 1 aliphatic heterocycles. The van der Waals surface area contributed by atoms with E-state index in [1.54, 1.807) is 4.90 Å². The Hall–Kier alpha value is -2.62. The van der Waals surface area contributed by atoms with Crippen molar-refractivity contribution in [2.75, 3.05) is 22.9 Å². The average Bonchev–Trinajstić information content (AvgIpc) is 2.84. The SMILES string of the molecule is CCCCCCCN1C(=O)C(C)CN(C(=O)c2ccccc2)c2ccccc21. The Morgan fingerprint density at radius 3 is 2.29 bits per heavy atom. The lowest BCUT2D eigenvalue weighted by atomic mass is 10.1. The van der Waals surface area contributed by atoms with Crippen molar-refractivity contribution in [3.63, 3.8) is 0 Å². The van der Waals surface area contributed by atoms with Crippen LogP contribution in [0.25, 0.3) is 0 Å². The second-order valence-electron chi connectivity index (χ2n) is 7.58. The Bertz CT molecular complexity index is 803. The van der Waals surface area contributed by atoms with E-state index in [2.05, 4.69) is 6.92 Å². The van der Waals surface area contributed by atoms with Gasteiger partial charge in [0.05, 0.1) is 17.3 Å². The molecule has 4 nitrogen and oxygen atoms in total. The maximum atomic E-state index is 13.2. The summed E-state index contributed by atoms with van der Waals surface area (Å²) in [5.74, 6) is -0.195. The van der Waals surface area contributed by atoms with Gasteiger partial charge < -0.3 is 9.80 Å². The fourth-order valence-electron chi connectivity index (χ4n) is 3.79. The van der Waals surface area contributed by atoms with Crippen molar-refractivity contribution in [3.8, 4) is 0 Å². The number of amides is 2. The molecule has 2 aromatic carbocycles. The second kappa shape index (κ2) is 9.54. The van der Waals surface area contributed by atoms with Crippen LogP contribution in [0.5, 0.6) is 0 Å². The molecule has 1 atom stereocenters. The maximum Gasteiger partial charge on any atom is 0.258 e. The molecule has 1 heterocycles.